The van der Waals surface area contributed by atoms with Crippen molar-refractivity contribution in [3.63, 3.8) is 0 Å². The van der Waals surface area contributed by atoms with Gasteiger partial charge in [0.2, 0.25) is 0 Å². The van der Waals surface area contributed by atoms with Crippen LogP contribution in [-0.2, 0) is 9.53 Å². The van der Waals surface area contributed by atoms with E-state index in [1.54, 1.807) is 0 Å². The number of esters is 1. The van der Waals surface area contributed by atoms with Crippen molar-refractivity contribution in [2.75, 3.05) is 26.1 Å². The lowest BCUT2D eigenvalue weighted by Crippen LogP contribution is -2.21. The molecule has 0 aliphatic rings. The largest absolute Gasteiger partial charge is 0.493 e. The number of ether oxygens (including phenoxy) is 3. The van der Waals surface area contributed by atoms with Crippen molar-refractivity contribution in [1.29, 1.82) is 0 Å². The second-order valence-corrected chi connectivity index (χ2v) is 5.94. The topological polar surface area (TPSA) is 160 Å². The summed E-state index contributed by atoms with van der Waals surface area (Å²) >= 11 is 5.69. The molecule has 0 aliphatic heterocycles. The maximum atomic E-state index is 12.3. The monoisotopic (exact) mass is 439 g/mol. The van der Waals surface area contributed by atoms with Crippen LogP contribution < -0.4 is 14.8 Å². The number of hydrogen-bond acceptors (Lipinski definition) is 9. The van der Waals surface area contributed by atoms with E-state index in [0.29, 0.717) is 0 Å². The minimum atomic E-state index is -1.15. The van der Waals surface area contributed by atoms with E-state index in [2.05, 4.69) is 5.32 Å². The van der Waals surface area contributed by atoms with Gasteiger partial charge in [0.25, 0.3) is 17.3 Å². The Hall–Kier alpha value is -3.93. The second kappa shape index (κ2) is 9.52. The van der Waals surface area contributed by atoms with Gasteiger partial charge in [0.1, 0.15) is 10.6 Å². The van der Waals surface area contributed by atoms with Crippen LogP contribution in [0.3, 0.4) is 0 Å². The zero-order chi connectivity index (χ0) is 22.4. The standard InChI is InChI=1S/C17H14ClN3O9/c1-28-14-6-10(12(20(24)25)7-15(14)29-2)17(23)30-8-16(22)19-9-3-4-11(18)13(5-9)21(26)27/h3-7H,8H2,1-2H3,(H,19,22). The third-order valence-electron chi connectivity index (χ3n) is 3.68. The summed E-state index contributed by atoms with van der Waals surface area (Å²) in [5, 5.41) is 24.3. The SMILES string of the molecule is COc1cc(C(=O)OCC(=O)Nc2ccc(Cl)c([N+](=O)[O-])c2)c([N+](=O)[O-])cc1OC. The van der Waals surface area contributed by atoms with Crippen molar-refractivity contribution in [3.05, 3.63) is 61.1 Å². The molecule has 2 aromatic rings. The van der Waals surface area contributed by atoms with Crippen LogP contribution in [0.15, 0.2) is 30.3 Å². The molecule has 30 heavy (non-hydrogen) atoms. The van der Waals surface area contributed by atoms with Crippen LogP contribution in [0.25, 0.3) is 0 Å². The lowest BCUT2D eigenvalue weighted by molar-refractivity contribution is -0.385. The number of carbonyl (C=O) groups is 2. The summed E-state index contributed by atoms with van der Waals surface area (Å²) in [6.45, 7) is -0.805. The van der Waals surface area contributed by atoms with Gasteiger partial charge in [-0.25, -0.2) is 4.79 Å². The van der Waals surface area contributed by atoms with Crippen LogP contribution in [0.2, 0.25) is 5.02 Å². The maximum absolute atomic E-state index is 12.3. The van der Waals surface area contributed by atoms with Crippen molar-refractivity contribution in [2.45, 2.75) is 0 Å². The molecule has 0 bridgehead atoms. The summed E-state index contributed by atoms with van der Waals surface area (Å²) in [4.78, 5) is 44.8. The third kappa shape index (κ3) is 5.11. The molecular formula is C17H14ClN3O9. The van der Waals surface area contributed by atoms with E-state index < -0.39 is 45.3 Å². The number of rotatable bonds is 8. The van der Waals surface area contributed by atoms with E-state index in [9.17, 15) is 29.8 Å². The highest BCUT2D eigenvalue weighted by Gasteiger charge is 2.26. The van der Waals surface area contributed by atoms with E-state index in [4.69, 9.17) is 25.8 Å². The molecule has 2 rings (SSSR count). The molecule has 0 saturated heterocycles. The van der Waals surface area contributed by atoms with Gasteiger partial charge in [0.15, 0.2) is 18.1 Å². The Kier molecular flexibility index (Phi) is 7.09. The molecule has 158 valence electrons. The van der Waals surface area contributed by atoms with Gasteiger partial charge in [-0.15, -0.1) is 0 Å². The van der Waals surface area contributed by atoms with Crippen molar-refractivity contribution < 1.29 is 33.6 Å². The Morgan fingerprint density at radius 2 is 1.60 bits per heavy atom. The molecule has 0 spiro atoms. The highest BCUT2D eigenvalue weighted by molar-refractivity contribution is 6.32. The Morgan fingerprint density at radius 3 is 2.17 bits per heavy atom. The number of halogens is 1. The Morgan fingerprint density at radius 1 is 1.00 bits per heavy atom. The van der Waals surface area contributed by atoms with Crippen molar-refractivity contribution >= 4 is 40.5 Å². The van der Waals surface area contributed by atoms with Gasteiger partial charge in [-0.1, -0.05) is 11.6 Å². The number of carbonyl (C=O) groups excluding carboxylic acids is 2. The van der Waals surface area contributed by atoms with Gasteiger partial charge in [-0.3, -0.25) is 25.0 Å². The number of nitro benzene ring substituents is 2. The highest BCUT2D eigenvalue weighted by atomic mass is 35.5. The minimum absolute atomic E-state index is 0.0304. The average molecular weight is 440 g/mol. The molecule has 12 nitrogen and oxygen atoms in total. The summed E-state index contributed by atoms with van der Waals surface area (Å²) in [5.74, 6) is -1.90. The van der Waals surface area contributed by atoms with Crippen LogP contribution in [0, 0.1) is 20.2 Å². The smallest absolute Gasteiger partial charge is 0.345 e. The van der Waals surface area contributed by atoms with E-state index in [1.165, 1.54) is 26.4 Å². The van der Waals surface area contributed by atoms with Crippen molar-refractivity contribution in [3.8, 4) is 11.5 Å². The van der Waals surface area contributed by atoms with E-state index in [1.807, 2.05) is 0 Å². The van der Waals surface area contributed by atoms with E-state index in [0.717, 1.165) is 18.2 Å². The summed E-state index contributed by atoms with van der Waals surface area (Å²) in [7, 11) is 2.54. The Balaban J connectivity index is 2.14. The molecule has 0 unspecified atom stereocenters. The number of hydrogen-bond donors (Lipinski definition) is 1. The fourth-order valence-electron chi connectivity index (χ4n) is 2.32. The minimum Gasteiger partial charge on any atom is -0.493 e. The van der Waals surface area contributed by atoms with Crippen molar-refractivity contribution in [1.82, 2.24) is 0 Å². The highest BCUT2D eigenvalue weighted by Crippen LogP contribution is 2.34. The summed E-state index contributed by atoms with van der Waals surface area (Å²) in [6, 6.07) is 5.60. The molecule has 0 fully saturated rings. The maximum Gasteiger partial charge on any atom is 0.345 e. The predicted molar refractivity (Wildman–Crippen MR) is 103 cm³/mol. The van der Waals surface area contributed by atoms with Gasteiger partial charge in [0.05, 0.1) is 30.1 Å². The zero-order valence-corrected chi connectivity index (χ0v) is 16.3. The molecule has 0 radical (unpaired) electrons. The number of anilines is 1. The Labute approximate surface area is 173 Å². The van der Waals surface area contributed by atoms with Crippen LogP contribution >= 0.6 is 11.6 Å². The van der Waals surface area contributed by atoms with E-state index >= 15 is 0 Å². The molecular weight excluding hydrogens is 426 g/mol. The molecule has 0 atom stereocenters. The second-order valence-electron chi connectivity index (χ2n) is 5.53. The number of nitrogens with one attached hydrogen (secondary N) is 1. The summed E-state index contributed by atoms with van der Waals surface area (Å²) in [6.07, 6.45) is 0. The average Bonchev–Trinajstić information content (AvgIpc) is 2.71. The van der Waals surface area contributed by atoms with Crippen LogP contribution in [0.4, 0.5) is 17.1 Å². The van der Waals surface area contributed by atoms with Crippen LogP contribution in [0.5, 0.6) is 11.5 Å². The van der Waals surface area contributed by atoms with Crippen LogP contribution in [-0.4, -0.2) is 42.5 Å². The third-order valence-corrected chi connectivity index (χ3v) is 4.00. The van der Waals surface area contributed by atoms with Gasteiger partial charge in [-0.05, 0) is 12.1 Å². The molecule has 0 aliphatic carbocycles. The number of benzene rings is 2. The van der Waals surface area contributed by atoms with Crippen LogP contribution in [0.1, 0.15) is 10.4 Å². The van der Waals surface area contributed by atoms with Crippen molar-refractivity contribution in [2.24, 2.45) is 0 Å². The first-order valence-electron chi connectivity index (χ1n) is 7.99. The summed E-state index contributed by atoms with van der Waals surface area (Å²) < 4.78 is 14.8. The number of nitro groups is 2. The van der Waals surface area contributed by atoms with E-state index in [-0.39, 0.29) is 22.2 Å². The zero-order valence-electron chi connectivity index (χ0n) is 15.5. The molecule has 0 heterocycles. The predicted octanol–water partition coefficient (Wildman–Crippen LogP) is 2.97. The van der Waals surface area contributed by atoms with Gasteiger partial charge >= 0.3 is 5.97 Å². The number of methoxy groups -OCH3 is 2. The first kappa shape index (κ1) is 22.4. The molecule has 1 amide bonds. The normalized spacial score (nSPS) is 10.1. The lowest BCUT2D eigenvalue weighted by Gasteiger charge is -2.10. The molecule has 2 aromatic carbocycles. The first-order valence-corrected chi connectivity index (χ1v) is 8.37. The number of amides is 1. The Bertz CT molecular complexity index is 1030. The van der Waals surface area contributed by atoms with Gasteiger partial charge < -0.3 is 19.5 Å². The fraction of sp³-hybridized carbons (Fsp3) is 0.176. The lowest BCUT2D eigenvalue weighted by atomic mass is 10.1. The molecule has 1 N–H and O–H groups in total. The molecule has 0 aromatic heterocycles. The first-order chi connectivity index (χ1) is 14.2. The van der Waals surface area contributed by atoms with Gasteiger partial charge in [0, 0.05) is 17.8 Å². The number of nitrogens with zero attached hydrogens (tertiary/aromatic N) is 2. The summed E-state index contributed by atoms with van der Waals surface area (Å²) in [5.41, 5.74) is -1.43. The molecule has 13 heteroatoms. The fourth-order valence-corrected chi connectivity index (χ4v) is 2.51. The van der Waals surface area contributed by atoms with Gasteiger partial charge in [-0.2, -0.15) is 0 Å². The molecule has 0 saturated carbocycles. The quantitative estimate of drug-likeness (QED) is 0.370.